The molecule has 3 saturated heterocycles. The fraction of sp³-hybridized carbons (Fsp3) is 0.947. The second-order valence-electron chi connectivity index (χ2n) is 8.47. The maximum Gasteiger partial charge on any atom is 0.222 e. The standard InChI is InChI=1S/C19H35N3O3/c1-19(2,21-9-12-25-13-10-21)15-20-8-6-17-16(14-20)4-5-18(24)22(17)7-3-11-23/h16-17,23H,3-15H2,1-2H3/t16-,17+/m0/s1. The van der Waals surface area contributed by atoms with Crippen molar-refractivity contribution >= 4 is 5.91 Å². The van der Waals surface area contributed by atoms with Crippen LogP contribution in [-0.4, -0.2) is 96.4 Å². The molecule has 0 saturated carbocycles. The van der Waals surface area contributed by atoms with Gasteiger partial charge in [-0.2, -0.15) is 0 Å². The Kier molecular flexibility index (Phi) is 6.36. The Morgan fingerprint density at radius 1 is 1.20 bits per heavy atom. The van der Waals surface area contributed by atoms with E-state index >= 15 is 0 Å². The van der Waals surface area contributed by atoms with Crippen LogP contribution in [0, 0.1) is 5.92 Å². The Hall–Kier alpha value is -0.690. The van der Waals surface area contributed by atoms with E-state index < -0.39 is 0 Å². The van der Waals surface area contributed by atoms with E-state index in [9.17, 15) is 4.79 Å². The molecule has 0 bridgehead atoms. The third-order valence-corrected chi connectivity index (χ3v) is 6.26. The van der Waals surface area contributed by atoms with E-state index in [0.717, 1.165) is 65.3 Å². The van der Waals surface area contributed by atoms with Crippen LogP contribution in [0.5, 0.6) is 0 Å². The number of nitrogens with zero attached hydrogens (tertiary/aromatic N) is 3. The molecular formula is C19H35N3O3. The molecule has 0 aromatic rings. The Bertz CT molecular complexity index is 451. The lowest BCUT2D eigenvalue weighted by Crippen LogP contribution is -2.60. The lowest BCUT2D eigenvalue weighted by Gasteiger charge is -2.50. The van der Waals surface area contributed by atoms with Crippen molar-refractivity contribution in [1.29, 1.82) is 0 Å². The molecule has 3 rings (SSSR count). The van der Waals surface area contributed by atoms with E-state index in [1.807, 2.05) is 0 Å². The van der Waals surface area contributed by atoms with E-state index in [4.69, 9.17) is 9.84 Å². The fourth-order valence-corrected chi connectivity index (χ4v) is 4.92. The molecule has 3 aliphatic heterocycles. The monoisotopic (exact) mass is 353 g/mol. The van der Waals surface area contributed by atoms with Crippen LogP contribution < -0.4 is 0 Å². The summed E-state index contributed by atoms with van der Waals surface area (Å²) in [5, 5.41) is 9.11. The van der Waals surface area contributed by atoms with Gasteiger partial charge in [0.25, 0.3) is 0 Å². The van der Waals surface area contributed by atoms with Gasteiger partial charge in [0.1, 0.15) is 0 Å². The third kappa shape index (κ3) is 4.54. The van der Waals surface area contributed by atoms with Crippen molar-refractivity contribution in [3.8, 4) is 0 Å². The number of likely N-dealkylation sites (tertiary alicyclic amines) is 2. The van der Waals surface area contributed by atoms with E-state index in [-0.39, 0.29) is 18.1 Å². The molecule has 2 atom stereocenters. The van der Waals surface area contributed by atoms with E-state index in [1.165, 1.54) is 0 Å². The highest BCUT2D eigenvalue weighted by atomic mass is 16.5. The van der Waals surface area contributed by atoms with Crippen LogP contribution in [-0.2, 0) is 9.53 Å². The third-order valence-electron chi connectivity index (χ3n) is 6.26. The molecule has 0 spiro atoms. The number of hydrogen-bond acceptors (Lipinski definition) is 5. The van der Waals surface area contributed by atoms with Crippen molar-refractivity contribution in [3.05, 3.63) is 0 Å². The molecule has 3 aliphatic rings. The van der Waals surface area contributed by atoms with Crippen LogP contribution in [0.4, 0.5) is 0 Å². The summed E-state index contributed by atoms with van der Waals surface area (Å²) in [4.78, 5) is 19.5. The van der Waals surface area contributed by atoms with Crippen LogP contribution >= 0.6 is 0 Å². The van der Waals surface area contributed by atoms with Crippen molar-refractivity contribution in [2.75, 3.05) is 59.1 Å². The fourth-order valence-electron chi connectivity index (χ4n) is 4.92. The highest BCUT2D eigenvalue weighted by Gasteiger charge is 2.40. The molecule has 144 valence electrons. The van der Waals surface area contributed by atoms with Crippen molar-refractivity contribution < 1.29 is 14.6 Å². The molecule has 0 unspecified atom stereocenters. The predicted molar refractivity (Wildman–Crippen MR) is 97.5 cm³/mol. The molecule has 0 aromatic heterocycles. The first kappa shape index (κ1) is 19.1. The average molecular weight is 354 g/mol. The maximum atomic E-state index is 12.3. The van der Waals surface area contributed by atoms with Gasteiger partial charge >= 0.3 is 0 Å². The number of ether oxygens (including phenoxy) is 1. The van der Waals surface area contributed by atoms with Gasteiger partial charge in [0.05, 0.1) is 13.2 Å². The smallest absolute Gasteiger partial charge is 0.222 e. The number of aliphatic hydroxyl groups is 1. The lowest BCUT2D eigenvalue weighted by molar-refractivity contribution is -0.141. The molecule has 3 fully saturated rings. The lowest BCUT2D eigenvalue weighted by atomic mass is 9.82. The molecule has 0 radical (unpaired) electrons. The minimum absolute atomic E-state index is 0.164. The first-order valence-corrected chi connectivity index (χ1v) is 9.97. The molecule has 25 heavy (non-hydrogen) atoms. The number of rotatable bonds is 6. The van der Waals surface area contributed by atoms with Gasteiger partial charge in [0.15, 0.2) is 0 Å². The van der Waals surface area contributed by atoms with E-state index in [0.29, 0.717) is 24.8 Å². The maximum absolute atomic E-state index is 12.3. The zero-order chi connectivity index (χ0) is 17.9. The van der Waals surface area contributed by atoms with Crippen molar-refractivity contribution in [2.45, 2.75) is 51.1 Å². The largest absolute Gasteiger partial charge is 0.396 e. The van der Waals surface area contributed by atoms with Gasteiger partial charge in [-0.15, -0.1) is 0 Å². The van der Waals surface area contributed by atoms with Crippen LogP contribution in [0.1, 0.15) is 39.5 Å². The van der Waals surface area contributed by atoms with Crippen LogP contribution in [0.25, 0.3) is 0 Å². The first-order valence-electron chi connectivity index (χ1n) is 9.97. The molecule has 3 heterocycles. The topological polar surface area (TPSA) is 56.2 Å². The summed E-state index contributed by atoms with van der Waals surface area (Å²) in [6.45, 7) is 12.6. The number of aliphatic hydroxyl groups excluding tert-OH is 1. The molecule has 6 nitrogen and oxygen atoms in total. The van der Waals surface area contributed by atoms with E-state index in [1.54, 1.807) is 0 Å². The van der Waals surface area contributed by atoms with Gasteiger partial charge in [0.2, 0.25) is 5.91 Å². The van der Waals surface area contributed by atoms with Crippen LogP contribution in [0.2, 0.25) is 0 Å². The predicted octanol–water partition coefficient (Wildman–Crippen LogP) is 0.793. The number of hydrogen-bond donors (Lipinski definition) is 1. The zero-order valence-corrected chi connectivity index (χ0v) is 16.0. The Morgan fingerprint density at radius 3 is 2.68 bits per heavy atom. The number of carbonyl (C=O) groups is 1. The SMILES string of the molecule is CC(C)(CN1CC[C@@H]2[C@@H](CCC(=O)N2CCCO)C1)N1CCOCC1. The summed E-state index contributed by atoms with van der Waals surface area (Å²) in [5.74, 6) is 0.877. The molecule has 1 amide bonds. The van der Waals surface area contributed by atoms with Gasteiger partial charge in [-0.25, -0.2) is 0 Å². The normalized spacial score (nSPS) is 29.7. The zero-order valence-electron chi connectivity index (χ0n) is 16.0. The summed E-state index contributed by atoms with van der Waals surface area (Å²) >= 11 is 0. The van der Waals surface area contributed by atoms with Gasteiger partial charge in [0, 0.05) is 63.9 Å². The summed E-state index contributed by atoms with van der Waals surface area (Å²) < 4.78 is 5.50. The minimum Gasteiger partial charge on any atom is -0.396 e. The summed E-state index contributed by atoms with van der Waals surface area (Å²) in [7, 11) is 0. The van der Waals surface area contributed by atoms with Gasteiger partial charge in [-0.05, 0) is 39.0 Å². The number of piperidine rings is 2. The van der Waals surface area contributed by atoms with Gasteiger partial charge in [-0.1, -0.05) is 0 Å². The van der Waals surface area contributed by atoms with Crippen LogP contribution in [0.15, 0.2) is 0 Å². The van der Waals surface area contributed by atoms with Crippen LogP contribution in [0.3, 0.4) is 0 Å². The highest BCUT2D eigenvalue weighted by Crippen LogP contribution is 2.32. The number of fused-ring (bicyclic) bond motifs is 1. The Balaban J connectivity index is 1.56. The van der Waals surface area contributed by atoms with Gasteiger partial charge < -0.3 is 19.6 Å². The molecule has 6 heteroatoms. The van der Waals surface area contributed by atoms with Crippen molar-refractivity contribution in [1.82, 2.24) is 14.7 Å². The molecular weight excluding hydrogens is 318 g/mol. The van der Waals surface area contributed by atoms with Crippen molar-refractivity contribution in [2.24, 2.45) is 5.92 Å². The summed E-state index contributed by atoms with van der Waals surface area (Å²) in [6, 6.07) is 0.385. The van der Waals surface area contributed by atoms with Gasteiger partial charge in [-0.3, -0.25) is 9.69 Å². The Morgan fingerprint density at radius 2 is 1.96 bits per heavy atom. The first-order chi connectivity index (χ1) is 12.0. The number of morpholine rings is 1. The average Bonchev–Trinajstić information content (AvgIpc) is 2.61. The molecule has 1 N–H and O–H groups in total. The quantitative estimate of drug-likeness (QED) is 0.765. The minimum atomic E-state index is 0.164. The number of carbonyl (C=O) groups excluding carboxylic acids is 1. The highest BCUT2D eigenvalue weighted by molar-refractivity contribution is 5.77. The second-order valence-corrected chi connectivity index (χ2v) is 8.47. The van der Waals surface area contributed by atoms with Crippen molar-refractivity contribution in [3.63, 3.8) is 0 Å². The second kappa shape index (κ2) is 8.33. The Labute approximate surface area is 152 Å². The molecule has 0 aliphatic carbocycles. The molecule has 0 aromatic carbocycles. The summed E-state index contributed by atoms with van der Waals surface area (Å²) in [6.07, 6.45) is 3.46. The van der Waals surface area contributed by atoms with E-state index in [2.05, 4.69) is 28.5 Å². The summed E-state index contributed by atoms with van der Waals surface area (Å²) in [5.41, 5.74) is 0.164. The number of amides is 1.